The maximum absolute atomic E-state index is 11.8. The molecule has 104 valence electrons. The molecule has 0 bridgehead atoms. The summed E-state index contributed by atoms with van der Waals surface area (Å²) in [5.74, 6) is 0. The van der Waals surface area contributed by atoms with Crippen LogP contribution >= 0.6 is 11.6 Å². The number of urea groups is 1. The fourth-order valence-corrected chi connectivity index (χ4v) is 2.12. The lowest BCUT2D eigenvalue weighted by Gasteiger charge is -2.10. The number of halogens is 1. The van der Waals surface area contributed by atoms with Crippen molar-refractivity contribution in [2.75, 3.05) is 11.9 Å². The average molecular weight is 289 g/mol. The number of hydrogen-bond acceptors (Lipinski definition) is 1. The minimum Gasteiger partial charge on any atom is -0.338 e. The number of para-hydroxylation sites is 1. The van der Waals surface area contributed by atoms with Crippen LogP contribution in [0.5, 0.6) is 0 Å². The van der Waals surface area contributed by atoms with E-state index in [9.17, 15) is 4.79 Å². The summed E-state index contributed by atoms with van der Waals surface area (Å²) in [4.78, 5) is 11.8. The molecule has 0 saturated carbocycles. The summed E-state index contributed by atoms with van der Waals surface area (Å²) in [5.41, 5.74) is 2.89. The van der Waals surface area contributed by atoms with E-state index in [4.69, 9.17) is 11.6 Å². The lowest BCUT2D eigenvalue weighted by Crippen LogP contribution is -2.30. The first-order valence-electron chi connectivity index (χ1n) is 6.50. The Morgan fingerprint density at radius 3 is 2.55 bits per heavy atom. The summed E-state index contributed by atoms with van der Waals surface area (Å²) in [6.45, 7) is 2.50. The van der Waals surface area contributed by atoms with Crippen LogP contribution in [-0.4, -0.2) is 12.6 Å². The van der Waals surface area contributed by atoms with Crippen LogP contribution < -0.4 is 10.6 Å². The second kappa shape index (κ2) is 6.96. The van der Waals surface area contributed by atoms with Gasteiger partial charge in [-0.1, -0.05) is 48.0 Å². The largest absolute Gasteiger partial charge is 0.338 e. The predicted octanol–water partition coefficient (Wildman–Crippen LogP) is 4.01. The zero-order chi connectivity index (χ0) is 14.4. The molecule has 2 aromatic carbocycles. The van der Waals surface area contributed by atoms with Gasteiger partial charge in [-0.25, -0.2) is 4.79 Å². The average Bonchev–Trinajstić information content (AvgIpc) is 2.43. The van der Waals surface area contributed by atoms with Crippen molar-refractivity contribution in [3.63, 3.8) is 0 Å². The number of aryl methyl sites for hydroxylation is 1. The molecule has 0 atom stereocenters. The van der Waals surface area contributed by atoms with Crippen LogP contribution in [0, 0.1) is 6.92 Å². The molecule has 0 unspecified atom stereocenters. The van der Waals surface area contributed by atoms with Gasteiger partial charge in [-0.15, -0.1) is 0 Å². The van der Waals surface area contributed by atoms with E-state index in [1.807, 2.05) is 55.5 Å². The fourth-order valence-electron chi connectivity index (χ4n) is 1.89. The van der Waals surface area contributed by atoms with E-state index < -0.39 is 0 Å². The summed E-state index contributed by atoms with van der Waals surface area (Å²) in [6, 6.07) is 15.1. The minimum atomic E-state index is -0.202. The molecule has 2 rings (SSSR count). The molecule has 20 heavy (non-hydrogen) atoms. The zero-order valence-electron chi connectivity index (χ0n) is 11.3. The number of nitrogens with one attached hydrogen (secondary N) is 2. The van der Waals surface area contributed by atoms with Crippen LogP contribution in [0.1, 0.15) is 11.1 Å². The van der Waals surface area contributed by atoms with Crippen LogP contribution in [0.25, 0.3) is 0 Å². The van der Waals surface area contributed by atoms with Gasteiger partial charge in [-0.3, -0.25) is 0 Å². The van der Waals surface area contributed by atoms with Crippen LogP contribution in [0.3, 0.4) is 0 Å². The number of benzene rings is 2. The Balaban J connectivity index is 1.82. The second-order valence-electron chi connectivity index (χ2n) is 4.54. The molecule has 0 fully saturated rings. The summed E-state index contributed by atoms with van der Waals surface area (Å²) < 4.78 is 0. The Hall–Kier alpha value is -2.00. The van der Waals surface area contributed by atoms with Crippen LogP contribution in [-0.2, 0) is 6.42 Å². The molecule has 0 spiro atoms. The van der Waals surface area contributed by atoms with Crippen molar-refractivity contribution >= 4 is 23.3 Å². The molecule has 2 aromatic rings. The fraction of sp³-hybridized carbons (Fsp3) is 0.188. The van der Waals surface area contributed by atoms with Crippen LogP contribution in [0.2, 0.25) is 5.02 Å². The van der Waals surface area contributed by atoms with Gasteiger partial charge in [0.15, 0.2) is 0 Å². The SMILES string of the molecule is Cc1ccccc1NC(=O)NCCc1ccccc1Cl. The Morgan fingerprint density at radius 2 is 1.80 bits per heavy atom. The quantitative estimate of drug-likeness (QED) is 0.877. The van der Waals surface area contributed by atoms with Gasteiger partial charge < -0.3 is 10.6 Å². The Labute approximate surface area is 124 Å². The van der Waals surface area contributed by atoms with E-state index in [2.05, 4.69) is 10.6 Å². The highest BCUT2D eigenvalue weighted by molar-refractivity contribution is 6.31. The highest BCUT2D eigenvalue weighted by atomic mass is 35.5. The standard InChI is InChI=1S/C16H17ClN2O/c1-12-6-2-5-9-15(12)19-16(20)18-11-10-13-7-3-4-8-14(13)17/h2-9H,10-11H2,1H3,(H2,18,19,20). The van der Waals surface area contributed by atoms with Gasteiger partial charge in [0.05, 0.1) is 0 Å². The number of carbonyl (C=O) groups is 1. The maximum Gasteiger partial charge on any atom is 0.319 e. The van der Waals surface area contributed by atoms with Crippen LogP contribution in [0.15, 0.2) is 48.5 Å². The maximum atomic E-state index is 11.8. The molecule has 0 radical (unpaired) electrons. The Morgan fingerprint density at radius 1 is 1.10 bits per heavy atom. The number of rotatable bonds is 4. The van der Waals surface area contributed by atoms with E-state index in [1.54, 1.807) is 0 Å². The number of carbonyl (C=O) groups excluding carboxylic acids is 1. The monoisotopic (exact) mass is 288 g/mol. The predicted molar refractivity (Wildman–Crippen MR) is 83.4 cm³/mol. The summed E-state index contributed by atoms with van der Waals surface area (Å²) >= 11 is 6.06. The van der Waals surface area contributed by atoms with Crippen molar-refractivity contribution in [1.82, 2.24) is 5.32 Å². The van der Waals surface area contributed by atoms with Gasteiger partial charge in [0, 0.05) is 17.3 Å². The van der Waals surface area contributed by atoms with Gasteiger partial charge >= 0.3 is 6.03 Å². The third kappa shape index (κ3) is 4.00. The molecule has 0 aromatic heterocycles. The zero-order valence-corrected chi connectivity index (χ0v) is 12.1. The number of hydrogen-bond donors (Lipinski definition) is 2. The molecule has 0 aliphatic carbocycles. The van der Waals surface area contributed by atoms with Crippen molar-refractivity contribution in [2.24, 2.45) is 0 Å². The van der Waals surface area contributed by atoms with Gasteiger partial charge in [0.1, 0.15) is 0 Å². The lowest BCUT2D eigenvalue weighted by molar-refractivity contribution is 0.252. The van der Waals surface area contributed by atoms with E-state index in [0.717, 1.165) is 21.8 Å². The van der Waals surface area contributed by atoms with Crippen molar-refractivity contribution in [1.29, 1.82) is 0 Å². The summed E-state index contributed by atoms with van der Waals surface area (Å²) in [6.07, 6.45) is 0.709. The van der Waals surface area contributed by atoms with E-state index in [-0.39, 0.29) is 6.03 Å². The van der Waals surface area contributed by atoms with Crippen molar-refractivity contribution < 1.29 is 4.79 Å². The Bertz CT molecular complexity index is 599. The summed E-state index contributed by atoms with van der Waals surface area (Å²) in [7, 11) is 0. The minimum absolute atomic E-state index is 0.202. The normalized spacial score (nSPS) is 10.1. The third-order valence-corrected chi connectivity index (χ3v) is 3.40. The highest BCUT2D eigenvalue weighted by Crippen LogP contribution is 2.15. The number of amides is 2. The molecule has 0 aliphatic rings. The van der Waals surface area contributed by atoms with Gasteiger partial charge in [0.25, 0.3) is 0 Å². The third-order valence-electron chi connectivity index (χ3n) is 3.03. The first-order valence-corrected chi connectivity index (χ1v) is 6.88. The van der Waals surface area contributed by atoms with Crippen molar-refractivity contribution in [3.05, 3.63) is 64.7 Å². The molecule has 4 heteroatoms. The van der Waals surface area contributed by atoms with Crippen LogP contribution in [0.4, 0.5) is 10.5 Å². The first-order chi connectivity index (χ1) is 9.66. The van der Waals surface area contributed by atoms with Crippen molar-refractivity contribution in [2.45, 2.75) is 13.3 Å². The van der Waals surface area contributed by atoms with E-state index >= 15 is 0 Å². The molecule has 2 amide bonds. The second-order valence-corrected chi connectivity index (χ2v) is 4.94. The molecule has 0 saturated heterocycles. The smallest absolute Gasteiger partial charge is 0.319 e. The molecule has 3 nitrogen and oxygen atoms in total. The molecule has 0 heterocycles. The Kier molecular flexibility index (Phi) is 5.02. The first kappa shape index (κ1) is 14.4. The number of anilines is 1. The summed E-state index contributed by atoms with van der Waals surface area (Å²) in [5, 5.41) is 6.38. The molecule has 2 N–H and O–H groups in total. The van der Waals surface area contributed by atoms with Gasteiger partial charge in [-0.2, -0.15) is 0 Å². The van der Waals surface area contributed by atoms with Gasteiger partial charge in [0.2, 0.25) is 0 Å². The molecule has 0 aliphatic heterocycles. The van der Waals surface area contributed by atoms with Crippen molar-refractivity contribution in [3.8, 4) is 0 Å². The lowest BCUT2D eigenvalue weighted by atomic mass is 10.1. The molecular formula is C16H17ClN2O. The molecular weight excluding hydrogens is 272 g/mol. The topological polar surface area (TPSA) is 41.1 Å². The van der Waals surface area contributed by atoms with Gasteiger partial charge in [-0.05, 0) is 36.6 Å². The van der Waals surface area contributed by atoms with E-state index in [1.165, 1.54) is 0 Å². The van der Waals surface area contributed by atoms with E-state index in [0.29, 0.717) is 13.0 Å². The highest BCUT2D eigenvalue weighted by Gasteiger charge is 2.04.